The van der Waals surface area contributed by atoms with E-state index in [1.165, 1.54) is 16.8 Å². The first kappa shape index (κ1) is 17.5. The van der Waals surface area contributed by atoms with E-state index < -0.39 is 0 Å². The van der Waals surface area contributed by atoms with Crippen LogP contribution in [0.1, 0.15) is 22.5 Å². The van der Waals surface area contributed by atoms with E-state index in [1.54, 1.807) is 18.3 Å². The molecule has 3 rings (SSSR count). The number of carbonyl (C=O) groups is 1. The van der Waals surface area contributed by atoms with Gasteiger partial charge in [0.15, 0.2) is 5.69 Å². The maximum Gasteiger partial charge on any atom is 0.273 e. The largest absolute Gasteiger partial charge is 0.351 e. The van der Waals surface area contributed by atoms with Gasteiger partial charge in [-0.3, -0.25) is 4.79 Å². The lowest BCUT2D eigenvalue weighted by Crippen LogP contribution is -2.44. The Morgan fingerprint density at radius 1 is 1.32 bits per heavy atom. The molecule has 0 atom stereocenters. The van der Waals surface area contributed by atoms with E-state index in [-0.39, 0.29) is 17.4 Å². The van der Waals surface area contributed by atoms with Crippen LogP contribution < -0.4 is 10.6 Å². The van der Waals surface area contributed by atoms with Crippen molar-refractivity contribution in [2.45, 2.75) is 13.0 Å². The number of carbonyl (C=O) groups excluding carboxylic acids is 1. The number of aromatic nitrogens is 3. The molecule has 1 saturated heterocycles. The number of piperazine rings is 1. The van der Waals surface area contributed by atoms with Gasteiger partial charge in [-0.05, 0) is 30.7 Å². The van der Waals surface area contributed by atoms with Crippen molar-refractivity contribution in [2.24, 2.45) is 0 Å². The summed E-state index contributed by atoms with van der Waals surface area (Å²) in [6.07, 6.45) is 2.49. The van der Waals surface area contributed by atoms with E-state index in [9.17, 15) is 9.18 Å². The van der Waals surface area contributed by atoms with Gasteiger partial charge in [0, 0.05) is 32.7 Å². The summed E-state index contributed by atoms with van der Waals surface area (Å²) in [5, 5.41) is 14.0. The second-order valence-electron chi connectivity index (χ2n) is 6.13. The topological polar surface area (TPSA) is 75.1 Å². The molecule has 0 spiro atoms. The number of halogens is 1. The van der Waals surface area contributed by atoms with Crippen molar-refractivity contribution < 1.29 is 9.18 Å². The van der Waals surface area contributed by atoms with Gasteiger partial charge in [0.25, 0.3) is 5.91 Å². The lowest BCUT2D eigenvalue weighted by atomic mass is 10.2. The minimum Gasteiger partial charge on any atom is -0.351 e. The summed E-state index contributed by atoms with van der Waals surface area (Å²) in [5.41, 5.74) is 1.05. The molecule has 0 bridgehead atoms. The zero-order chi connectivity index (χ0) is 17.5. The Morgan fingerprint density at radius 2 is 2.16 bits per heavy atom. The van der Waals surface area contributed by atoms with Gasteiger partial charge in [0.05, 0.1) is 12.7 Å². The van der Waals surface area contributed by atoms with E-state index in [0.29, 0.717) is 13.1 Å². The van der Waals surface area contributed by atoms with Crippen molar-refractivity contribution in [1.82, 2.24) is 30.5 Å². The molecule has 2 heterocycles. The number of nitrogens with one attached hydrogen (secondary N) is 2. The molecule has 0 radical (unpaired) electrons. The molecule has 134 valence electrons. The van der Waals surface area contributed by atoms with Crippen molar-refractivity contribution in [2.75, 3.05) is 39.3 Å². The van der Waals surface area contributed by atoms with E-state index in [1.807, 2.05) is 0 Å². The highest BCUT2D eigenvalue weighted by Crippen LogP contribution is 2.05. The normalized spacial score (nSPS) is 15.2. The third kappa shape index (κ3) is 5.33. The van der Waals surface area contributed by atoms with Gasteiger partial charge in [0.1, 0.15) is 5.82 Å². The molecule has 1 amide bonds. The smallest absolute Gasteiger partial charge is 0.273 e. The zero-order valence-corrected chi connectivity index (χ0v) is 14.1. The molecule has 25 heavy (non-hydrogen) atoms. The monoisotopic (exact) mass is 346 g/mol. The molecule has 1 aromatic carbocycles. The van der Waals surface area contributed by atoms with Gasteiger partial charge >= 0.3 is 0 Å². The Balaban J connectivity index is 1.42. The predicted octanol–water partition coefficient (Wildman–Crippen LogP) is 0.491. The molecule has 1 aromatic heterocycles. The second kappa shape index (κ2) is 8.68. The molecule has 1 aliphatic rings. The number of benzene rings is 1. The van der Waals surface area contributed by atoms with Crippen LogP contribution in [-0.2, 0) is 6.54 Å². The molecule has 7 nitrogen and oxygen atoms in total. The summed E-state index contributed by atoms with van der Waals surface area (Å²) < 4.78 is 14.7. The Bertz CT molecular complexity index is 698. The quantitative estimate of drug-likeness (QED) is 0.714. The lowest BCUT2D eigenvalue weighted by Gasteiger charge is -2.26. The van der Waals surface area contributed by atoms with E-state index in [4.69, 9.17) is 0 Å². The Morgan fingerprint density at radius 3 is 2.96 bits per heavy atom. The fourth-order valence-electron chi connectivity index (χ4n) is 2.83. The lowest BCUT2D eigenvalue weighted by molar-refractivity contribution is 0.0946. The Kier molecular flexibility index (Phi) is 6.08. The molecule has 8 heteroatoms. The average Bonchev–Trinajstić information content (AvgIpc) is 3.08. The summed E-state index contributed by atoms with van der Waals surface area (Å²) in [6, 6.07) is 6.29. The highest BCUT2D eigenvalue weighted by Gasteiger charge is 2.12. The third-order valence-corrected chi connectivity index (χ3v) is 4.15. The molecular formula is C17H23FN6O. The number of rotatable bonds is 7. The highest BCUT2D eigenvalue weighted by atomic mass is 19.1. The summed E-state index contributed by atoms with van der Waals surface area (Å²) in [4.78, 5) is 14.5. The van der Waals surface area contributed by atoms with Crippen molar-refractivity contribution in [3.63, 3.8) is 0 Å². The molecule has 1 fully saturated rings. The molecule has 2 aromatic rings. The fraction of sp³-hybridized carbons (Fsp3) is 0.471. The first-order valence-corrected chi connectivity index (χ1v) is 8.56. The van der Waals surface area contributed by atoms with Crippen LogP contribution in [0, 0.1) is 5.82 Å². The second-order valence-corrected chi connectivity index (χ2v) is 6.13. The molecule has 2 N–H and O–H groups in total. The van der Waals surface area contributed by atoms with E-state index in [0.717, 1.165) is 44.7 Å². The number of nitrogens with zero attached hydrogens (tertiary/aromatic N) is 4. The number of amides is 1. The van der Waals surface area contributed by atoms with Crippen molar-refractivity contribution in [1.29, 1.82) is 0 Å². The molecular weight excluding hydrogens is 323 g/mol. The molecule has 1 aliphatic heterocycles. The fourth-order valence-corrected chi connectivity index (χ4v) is 2.83. The van der Waals surface area contributed by atoms with Crippen LogP contribution in [0.25, 0.3) is 0 Å². The van der Waals surface area contributed by atoms with Gasteiger partial charge in [-0.15, -0.1) is 5.10 Å². The Hall–Kier alpha value is -2.32. The summed E-state index contributed by atoms with van der Waals surface area (Å²) >= 11 is 0. The van der Waals surface area contributed by atoms with Gasteiger partial charge in [-0.2, -0.15) is 0 Å². The molecule has 0 aliphatic carbocycles. The van der Waals surface area contributed by atoms with Crippen LogP contribution in [-0.4, -0.2) is 65.1 Å². The standard InChI is InChI=1S/C17H23FN6O/c18-15-4-1-3-14(11-15)12-24-13-16(21-22-24)17(25)20-5-2-8-23-9-6-19-7-10-23/h1,3-4,11,13,19H,2,5-10,12H2,(H,20,25). The number of hydrogen-bond donors (Lipinski definition) is 2. The summed E-state index contributed by atoms with van der Waals surface area (Å²) in [6.45, 7) is 6.14. The predicted molar refractivity (Wildman–Crippen MR) is 91.8 cm³/mol. The highest BCUT2D eigenvalue weighted by molar-refractivity contribution is 5.91. The van der Waals surface area contributed by atoms with E-state index in [2.05, 4.69) is 25.8 Å². The third-order valence-electron chi connectivity index (χ3n) is 4.15. The van der Waals surface area contributed by atoms with Crippen LogP contribution in [0.2, 0.25) is 0 Å². The van der Waals surface area contributed by atoms with Crippen LogP contribution in [0.5, 0.6) is 0 Å². The summed E-state index contributed by atoms with van der Waals surface area (Å²) in [5.74, 6) is -0.522. The van der Waals surface area contributed by atoms with Crippen LogP contribution >= 0.6 is 0 Å². The first-order chi connectivity index (χ1) is 12.2. The minimum atomic E-state index is -0.292. The SMILES string of the molecule is O=C(NCCCN1CCNCC1)c1cn(Cc2cccc(F)c2)nn1. The van der Waals surface area contributed by atoms with Crippen LogP contribution in [0.3, 0.4) is 0 Å². The zero-order valence-electron chi connectivity index (χ0n) is 14.1. The van der Waals surface area contributed by atoms with Crippen molar-refractivity contribution in [3.05, 3.63) is 47.5 Å². The van der Waals surface area contributed by atoms with Crippen LogP contribution in [0.15, 0.2) is 30.5 Å². The first-order valence-electron chi connectivity index (χ1n) is 8.56. The maximum absolute atomic E-state index is 13.2. The Labute approximate surface area is 146 Å². The molecule has 0 unspecified atom stereocenters. The maximum atomic E-state index is 13.2. The van der Waals surface area contributed by atoms with Crippen molar-refractivity contribution in [3.8, 4) is 0 Å². The molecule has 0 saturated carbocycles. The average molecular weight is 346 g/mol. The van der Waals surface area contributed by atoms with Gasteiger partial charge in [-0.1, -0.05) is 17.3 Å². The summed E-state index contributed by atoms with van der Waals surface area (Å²) in [7, 11) is 0. The van der Waals surface area contributed by atoms with Gasteiger partial charge in [0.2, 0.25) is 0 Å². The van der Waals surface area contributed by atoms with Crippen molar-refractivity contribution >= 4 is 5.91 Å². The van der Waals surface area contributed by atoms with E-state index >= 15 is 0 Å². The van der Waals surface area contributed by atoms with Gasteiger partial charge < -0.3 is 15.5 Å². The van der Waals surface area contributed by atoms with Gasteiger partial charge in [-0.25, -0.2) is 9.07 Å². The number of hydrogen-bond acceptors (Lipinski definition) is 5. The van der Waals surface area contributed by atoms with Crippen LogP contribution in [0.4, 0.5) is 4.39 Å². The minimum absolute atomic E-state index is 0.231.